The molecule has 3 N–H and O–H groups in total. The molecule has 0 bridgehead atoms. The van der Waals surface area contributed by atoms with Crippen LogP contribution in [0.3, 0.4) is 0 Å². The number of nitrogens with one attached hydrogen (secondary N) is 1. The summed E-state index contributed by atoms with van der Waals surface area (Å²) in [6.45, 7) is 2.20. The van der Waals surface area contributed by atoms with Crippen molar-refractivity contribution in [3.8, 4) is 0 Å². The highest BCUT2D eigenvalue weighted by Gasteiger charge is 2.10. The zero-order chi connectivity index (χ0) is 9.80. The Morgan fingerprint density at radius 1 is 1.29 bits per heavy atom. The maximum atomic E-state index is 5.79. The van der Waals surface area contributed by atoms with Gasteiger partial charge in [0.2, 0.25) is 0 Å². The summed E-state index contributed by atoms with van der Waals surface area (Å²) >= 11 is 0. The molecule has 1 aliphatic rings. The van der Waals surface area contributed by atoms with Gasteiger partial charge in [-0.15, -0.1) is 0 Å². The molecule has 0 aliphatic carbocycles. The van der Waals surface area contributed by atoms with E-state index in [4.69, 9.17) is 5.73 Å². The van der Waals surface area contributed by atoms with Gasteiger partial charge in [0.05, 0.1) is 17.6 Å². The average molecular weight is 192 g/mol. The van der Waals surface area contributed by atoms with E-state index in [1.807, 2.05) is 6.07 Å². The first kappa shape index (κ1) is 9.27. The van der Waals surface area contributed by atoms with Crippen LogP contribution in [0.15, 0.2) is 18.5 Å². The number of hydrogen-bond acceptors (Lipinski definition) is 4. The van der Waals surface area contributed by atoms with E-state index in [0.717, 1.165) is 18.8 Å². The molecule has 0 atom stereocenters. The molecule has 14 heavy (non-hydrogen) atoms. The van der Waals surface area contributed by atoms with Gasteiger partial charge in [-0.25, -0.2) is 5.01 Å². The van der Waals surface area contributed by atoms with Gasteiger partial charge in [-0.05, 0) is 18.9 Å². The summed E-state index contributed by atoms with van der Waals surface area (Å²) < 4.78 is 0. The number of nitrogens with two attached hydrogens (primary N) is 1. The van der Waals surface area contributed by atoms with Gasteiger partial charge in [0.15, 0.2) is 0 Å². The fourth-order valence-electron chi connectivity index (χ4n) is 1.68. The van der Waals surface area contributed by atoms with E-state index >= 15 is 0 Å². The van der Waals surface area contributed by atoms with E-state index in [9.17, 15) is 0 Å². The lowest BCUT2D eigenvalue weighted by Crippen LogP contribution is -2.35. The number of nitrogens with zero attached hydrogens (tertiary/aromatic N) is 2. The molecule has 0 unspecified atom stereocenters. The lowest BCUT2D eigenvalue weighted by atomic mass is 10.2. The summed E-state index contributed by atoms with van der Waals surface area (Å²) in [6.07, 6.45) is 7.29. The third kappa shape index (κ3) is 2.14. The molecule has 1 aromatic rings. The predicted molar refractivity (Wildman–Crippen MR) is 57.7 cm³/mol. The normalized spacial score (nSPS) is 18.0. The van der Waals surface area contributed by atoms with E-state index in [-0.39, 0.29) is 0 Å². The Morgan fingerprint density at radius 2 is 2.07 bits per heavy atom. The second-order valence-corrected chi connectivity index (χ2v) is 3.62. The van der Waals surface area contributed by atoms with Crippen LogP contribution in [0, 0.1) is 0 Å². The molecule has 1 saturated heterocycles. The number of rotatable bonds is 2. The number of hydrogen-bond donors (Lipinski definition) is 2. The second kappa shape index (κ2) is 4.28. The predicted octanol–water partition coefficient (Wildman–Crippen LogP) is 1.48. The average Bonchev–Trinajstić information content (AvgIpc) is 2.23. The van der Waals surface area contributed by atoms with Gasteiger partial charge in [0, 0.05) is 19.3 Å². The maximum absolute atomic E-state index is 5.79. The van der Waals surface area contributed by atoms with Crippen molar-refractivity contribution < 1.29 is 0 Å². The van der Waals surface area contributed by atoms with Crippen molar-refractivity contribution in [3.05, 3.63) is 18.5 Å². The van der Waals surface area contributed by atoms with Crippen LogP contribution in [0.25, 0.3) is 0 Å². The van der Waals surface area contributed by atoms with Crippen molar-refractivity contribution in [1.29, 1.82) is 0 Å². The number of aromatic nitrogens is 1. The number of anilines is 2. The second-order valence-electron chi connectivity index (χ2n) is 3.62. The molecule has 1 aromatic heterocycles. The van der Waals surface area contributed by atoms with Crippen LogP contribution >= 0.6 is 0 Å². The van der Waals surface area contributed by atoms with Crippen molar-refractivity contribution in [1.82, 2.24) is 9.99 Å². The Bertz CT molecular complexity index is 294. The van der Waals surface area contributed by atoms with Gasteiger partial charge in [-0.1, -0.05) is 6.42 Å². The zero-order valence-corrected chi connectivity index (χ0v) is 8.24. The Morgan fingerprint density at radius 3 is 2.79 bits per heavy atom. The third-order valence-electron chi connectivity index (χ3n) is 2.49. The van der Waals surface area contributed by atoms with Gasteiger partial charge in [0.25, 0.3) is 0 Å². The van der Waals surface area contributed by atoms with E-state index in [2.05, 4.69) is 15.4 Å². The summed E-state index contributed by atoms with van der Waals surface area (Å²) in [5, 5.41) is 2.22. The first-order valence-corrected chi connectivity index (χ1v) is 5.07. The highest BCUT2D eigenvalue weighted by atomic mass is 15.5. The van der Waals surface area contributed by atoms with Crippen molar-refractivity contribution in [2.24, 2.45) is 0 Å². The minimum atomic E-state index is 0.707. The van der Waals surface area contributed by atoms with Crippen LogP contribution in [0.4, 0.5) is 11.4 Å². The van der Waals surface area contributed by atoms with Crippen molar-refractivity contribution in [2.75, 3.05) is 24.2 Å². The minimum absolute atomic E-state index is 0.707. The van der Waals surface area contributed by atoms with Gasteiger partial charge in [-0.3, -0.25) is 4.98 Å². The van der Waals surface area contributed by atoms with E-state index < -0.39 is 0 Å². The summed E-state index contributed by atoms with van der Waals surface area (Å²) in [7, 11) is 0. The first-order valence-electron chi connectivity index (χ1n) is 5.07. The Labute approximate surface area is 84.1 Å². The molecular weight excluding hydrogens is 176 g/mol. The van der Waals surface area contributed by atoms with Gasteiger partial charge in [0.1, 0.15) is 0 Å². The van der Waals surface area contributed by atoms with Crippen LogP contribution < -0.4 is 11.2 Å². The number of nitrogen functional groups attached to an aromatic ring is 1. The molecule has 2 heterocycles. The number of hydrazine groups is 1. The van der Waals surface area contributed by atoms with Crippen LogP contribution in [-0.4, -0.2) is 23.1 Å². The molecular formula is C10H16N4. The third-order valence-corrected chi connectivity index (χ3v) is 2.49. The van der Waals surface area contributed by atoms with Crippen LogP contribution in [0.5, 0.6) is 0 Å². The standard InChI is InChI=1S/C10H16N4/c11-9-8-12-5-4-10(9)13-14-6-2-1-3-7-14/h4-5,8H,1-3,6-7,11H2,(H,12,13). The molecule has 76 valence electrons. The highest BCUT2D eigenvalue weighted by molar-refractivity contribution is 5.63. The van der Waals surface area contributed by atoms with Crippen LogP contribution in [-0.2, 0) is 0 Å². The highest BCUT2D eigenvalue weighted by Crippen LogP contribution is 2.18. The van der Waals surface area contributed by atoms with Gasteiger partial charge < -0.3 is 11.2 Å². The molecule has 4 heteroatoms. The van der Waals surface area contributed by atoms with E-state index in [0.29, 0.717) is 5.69 Å². The summed E-state index contributed by atoms with van der Waals surface area (Å²) in [5.74, 6) is 0. The van der Waals surface area contributed by atoms with Crippen LogP contribution in [0.1, 0.15) is 19.3 Å². The van der Waals surface area contributed by atoms with E-state index in [1.165, 1.54) is 19.3 Å². The smallest absolute Gasteiger partial charge is 0.0751 e. The van der Waals surface area contributed by atoms with E-state index in [1.54, 1.807) is 12.4 Å². The molecule has 2 rings (SSSR count). The molecule has 0 amide bonds. The van der Waals surface area contributed by atoms with Crippen LogP contribution in [0.2, 0.25) is 0 Å². The van der Waals surface area contributed by atoms with Gasteiger partial charge in [-0.2, -0.15) is 0 Å². The quantitative estimate of drug-likeness (QED) is 0.745. The lowest BCUT2D eigenvalue weighted by Gasteiger charge is -2.28. The first-order chi connectivity index (χ1) is 6.86. The SMILES string of the molecule is Nc1cnccc1NN1CCCCC1. The number of piperidine rings is 1. The number of pyridine rings is 1. The topological polar surface area (TPSA) is 54.2 Å². The Kier molecular flexibility index (Phi) is 2.84. The monoisotopic (exact) mass is 192 g/mol. The van der Waals surface area contributed by atoms with Crippen molar-refractivity contribution >= 4 is 11.4 Å². The lowest BCUT2D eigenvalue weighted by molar-refractivity contribution is 0.273. The summed E-state index contributed by atoms with van der Waals surface area (Å²) in [4.78, 5) is 3.95. The molecule has 0 spiro atoms. The fraction of sp³-hybridized carbons (Fsp3) is 0.500. The maximum Gasteiger partial charge on any atom is 0.0751 e. The van der Waals surface area contributed by atoms with Crippen molar-refractivity contribution in [2.45, 2.75) is 19.3 Å². The molecule has 0 saturated carbocycles. The zero-order valence-electron chi connectivity index (χ0n) is 8.24. The Balaban J connectivity index is 1.99. The van der Waals surface area contributed by atoms with Crippen molar-refractivity contribution in [3.63, 3.8) is 0 Å². The minimum Gasteiger partial charge on any atom is -0.396 e. The van der Waals surface area contributed by atoms with Gasteiger partial charge >= 0.3 is 0 Å². The fourth-order valence-corrected chi connectivity index (χ4v) is 1.68. The summed E-state index contributed by atoms with van der Waals surface area (Å²) in [6, 6.07) is 1.91. The Hall–Kier alpha value is -1.29. The molecule has 1 fully saturated rings. The molecule has 0 radical (unpaired) electrons. The molecule has 0 aromatic carbocycles. The summed E-state index contributed by atoms with van der Waals surface area (Å²) in [5.41, 5.74) is 10.8. The largest absolute Gasteiger partial charge is 0.396 e. The molecule has 1 aliphatic heterocycles. The molecule has 4 nitrogen and oxygen atoms in total.